The van der Waals surface area contributed by atoms with Gasteiger partial charge in [0.15, 0.2) is 11.2 Å². The molecule has 0 amide bonds. The van der Waals surface area contributed by atoms with Gasteiger partial charge in [0.1, 0.15) is 10.8 Å². The smallest absolute Gasteiger partial charge is 0.332 e. The van der Waals surface area contributed by atoms with Crippen molar-refractivity contribution in [3.63, 3.8) is 0 Å². The Morgan fingerprint density at radius 2 is 1.81 bits per heavy atom. The third-order valence-corrected chi connectivity index (χ3v) is 6.14. The Morgan fingerprint density at radius 1 is 1.10 bits per heavy atom. The maximum atomic E-state index is 12.9. The summed E-state index contributed by atoms with van der Waals surface area (Å²) in [4.78, 5) is 35.3. The molecule has 0 unspecified atom stereocenters. The minimum Gasteiger partial charge on any atom is -0.425 e. The number of thiazole rings is 1. The maximum Gasteiger partial charge on any atom is 0.332 e. The average Bonchev–Trinajstić information content (AvgIpc) is 3.33. The summed E-state index contributed by atoms with van der Waals surface area (Å²) in [6.45, 7) is 6.82. The van der Waals surface area contributed by atoms with Crippen molar-refractivity contribution in [3.8, 4) is 22.3 Å². The Hall–Kier alpha value is -3.20. The lowest BCUT2D eigenvalue weighted by Crippen LogP contribution is -2.37. The molecule has 162 valence electrons. The third kappa shape index (κ3) is 3.93. The fraction of sp³-hybridized carbons (Fsp3) is 0.364. The molecule has 0 bridgehead atoms. The Kier molecular flexibility index (Phi) is 5.53. The van der Waals surface area contributed by atoms with Crippen LogP contribution >= 0.6 is 11.3 Å². The van der Waals surface area contributed by atoms with Crippen LogP contribution in [0.15, 0.2) is 40.1 Å². The maximum absolute atomic E-state index is 12.9. The van der Waals surface area contributed by atoms with E-state index in [1.165, 1.54) is 11.6 Å². The van der Waals surface area contributed by atoms with Gasteiger partial charge in [0.05, 0.1) is 0 Å². The number of benzene rings is 1. The SMILES string of the molecule is Cc1cnc(-c2ccc(Oc3nc4c(c(=O)n(C)c(=O)n4C)n3CCC(C)C)cc2)s1. The van der Waals surface area contributed by atoms with Crippen LogP contribution in [0.2, 0.25) is 0 Å². The van der Waals surface area contributed by atoms with Crippen molar-refractivity contribution in [1.82, 2.24) is 23.7 Å². The molecule has 0 atom stereocenters. The zero-order valence-corrected chi connectivity index (χ0v) is 19.1. The molecular weight excluding hydrogens is 414 g/mol. The zero-order valence-electron chi connectivity index (χ0n) is 18.2. The van der Waals surface area contributed by atoms with Crippen LogP contribution in [0.5, 0.6) is 11.8 Å². The second-order valence-electron chi connectivity index (χ2n) is 8.01. The van der Waals surface area contributed by atoms with E-state index in [1.807, 2.05) is 37.4 Å². The number of imidazole rings is 1. The summed E-state index contributed by atoms with van der Waals surface area (Å²) < 4.78 is 10.3. The predicted molar refractivity (Wildman–Crippen MR) is 122 cm³/mol. The molecule has 3 aromatic heterocycles. The van der Waals surface area contributed by atoms with Gasteiger partial charge in [-0.3, -0.25) is 18.5 Å². The first-order valence-corrected chi connectivity index (χ1v) is 10.9. The molecular formula is C22H25N5O3S. The van der Waals surface area contributed by atoms with Gasteiger partial charge in [0.2, 0.25) is 0 Å². The van der Waals surface area contributed by atoms with Crippen LogP contribution in [0, 0.1) is 12.8 Å². The number of fused-ring (bicyclic) bond motifs is 1. The average molecular weight is 440 g/mol. The Morgan fingerprint density at radius 3 is 2.42 bits per heavy atom. The van der Waals surface area contributed by atoms with Gasteiger partial charge in [-0.1, -0.05) is 13.8 Å². The van der Waals surface area contributed by atoms with Gasteiger partial charge in [-0.2, -0.15) is 4.98 Å². The summed E-state index contributed by atoms with van der Waals surface area (Å²) in [5, 5.41) is 0.951. The van der Waals surface area contributed by atoms with Gasteiger partial charge < -0.3 is 4.74 Å². The minimum absolute atomic E-state index is 0.298. The fourth-order valence-electron chi connectivity index (χ4n) is 3.36. The molecule has 0 saturated carbocycles. The lowest BCUT2D eigenvalue weighted by atomic mass is 10.1. The second-order valence-corrected chi connectivity index (χ2v) is 9.24. The van der Waals surface area contributed by atoms with Crippen LogP contribution in [0.4, 0.5) is 0 Å². The number of nitrogens with zero attached hydrogens (tertiary/aromatic N) is 5. The molecule has 3 heterocycles. The first-order valence-electron chi connectivity index (χ1n) is 10.1. The van der Waals surface area contributed by atoms with E-state index in [0.717, 1.165) is 26.4 Å². The highest BCUT2D eigenvalue weighted by atomic mass is 32.1. The number of rotatable bonds is 6. The van der Waals surface area contributed by atoms with Gasteiger partial charge in [0.25, 0.3) is 5.56 Å². The molecule has 8 nitrogen and oxygen atoms in total. The molecule has 0 aliphatic rings. The summed E-state index contributed by atoms with van der Waals surface area (Å²) in [6.07, 6.45) is 2.70. The number of hydrogen-bond donors (Lipinski definition) is 0. The van der Waals surface area contributed by atoms with Crippen molar-refractivity contribution in [2.45, 2.75) is 33.7 Å². The van der Waals surface area contributed by atoms with Crippen molar-refractivity contribution >= 4 is 22.5 Å². The monoisotopic (exact) mass is 439 g/mol. The molecule has 0 N–H and O–H groups in total. The summed E-state index contributed by atoms with van der Waals surface area (Å²) in [6, 6.07) is 7.91. The molecule has 9 heteroatoms. The molecule has 0 aliphatic heterocycles. The number of aryl methyl sites for hydroxylation is 3. The normalized spacial score (nSPS) is 11.5. The van der Waals surface area contributed by atoms with Crippen molar-refractivity contribution in [3.05, 3.63) is 56.2 Å². The molecule has 0 aliphatic carbocycles. The molecule has 0 radical (unpaired) electrons. The van der Waals surface area contributed by atoms with Crippen molar-refractivity contribution in [2.24, 2.45) is 20.0 Å². The Balaban J connectivity index is 1.76. The highest BCUT2D eigenvalue weighted by Gasteiger charge is 2.20. The lowest BCUT2D eigenvalue weighted by molar-refractivity contribution is 0.401. The molecule has 0 saturated heterocycles. The van der Waals surface area contributed by atoms with Gasteiger partial charge >= 0.3 is 11.7 Å². The summed E-state index contributed by atoms with van der Waals surface area (Å²) >= 11 is 1.63. The van der Waals surface area contributed by atoms with Crippen LogP contribution in [-0.2, 0) is 20.6 Å². The number of hydrogen-bond acceptors (Lipinski definition) is 6. The number of aromatic nitrogens is 5. The van der Waals surface area contributed by atoms with Crippen LogP contribution in [-0.4, -0.2) is 23.7 Å². The highest BCUT2D eigenvalue weighted by molar-refractivity contribution is 7.14. The van der Waals surface area contributed by atoms with Crippen LogP contribution < -0.4 is 16.0 Å². The Bertz CT molecular complexity index is 1360. The third-order valence-electron chi connectivity index (χ3n) is 5.17. The summed E-state index contributed by atoms with van der Waals surface area (Å²) in [5.41, 5.74) is 0.909. The van der Waals surface area contributed by atoms with E-state index in [4.69, 9.17) is 4.74 Å². The summed E-state index contributed by atoms with van der Waals surface area (Å²) in [7, 11) is 3.09. The van der Waals surface area contributed by atoms with Crippen LogP contribution in [0.3, 0.4) is 0 Å². The van der Waals surface area contributed by atoms with E-state index in [2.05, 4.69) is 23.8 Å². The number of ether oxygens (including phenoxy) is 1. The van der Waals surface area contributed by atoms with E-state index >= 15 is 0 Å². The van der Waals surface area contributed by atoms with Crippen molar-refractivity contribution in [1.29, 1.82) is 0 Å². The molecule has 4 rings (SSSR count). The standard InChI is InChI=1S/C22H25N5O3S/c1-13(2)10-11-27-17-18(25(4)22(29)26(5)20(17)28)24-21(27)30-16-8-6-15(7-9-16)19-23-12-14(3)31-19/h6-9,12-13H,10-11H2,1-5H3. The minimum atomic E-state index is -0.416. The quantitative estimate of drug-likeness (QED) is 0.457. The van der Waals surface area contributed by atoms with E-state index in [-0.39, 0.29) is 5.56 Å². The zero-order chi connectivity index (χ0) is 22.3. The molecule has 4 aromatic rings. The van der Waals surface area contributed by atoms with Crippen molar-refractivity contribution in [2.75, 3.05) is 0 Å². The first-order chi connectivity index (χ1) is 14.8. The van der Waals surface area contributed by atoms with Gasteiger partial charge in [-0.05, 0) is 43.5 Å². The fourth-order valence-corrected chi connectivity index (χ4v) is 4.13. The van der Waals surface area contributed by atoms with Gasteiger partial charge in [-0.25, -0.2) is 9.78 Å². The highest BCUT2D eigenvalue weighted by Crippen LogP contribution is 2.29. The molecule has 0 spiro atoms. The largest absolute Gasteiger partial charge is 0.425 e. The topological polar surface area (TPSA) is 83.9 Å². The molecule has 31 heavy (non-hydrogen) atoms. The Labute approximate surface area is 183 Å². The van der Waals surface area contributed by atoms with Gasteiger partial charge in [-0.15, -0.1) is 11.3 Å². The van der Waals surface area contributed by atoms with E-state index in [1.54, 1.807) is 23.0 Å². The lowest BCUT2D eigenvalue weighted by Gasteiger charge is -2.11. The van der Waals surface area contributed by atoms with Crippen LogP contribution in [0.25, 0.3) is 21.7 Å². The molecule has 0 fully saturated rings. The van der Waals surface area contributed by atoms with E-state index < -0.39 is 5.69 Å². The summed E-state index contributed by atoms with van der Waals surface area (Å²) in [5.74, 6) is 1.03. The first kappa shape index (κ1) is 21.0. The molecule has 1 aromatic carbocycles. The second kappa shape index (κ2) is 8.14. The van der Waals surface area contributed by atoms with Gasteiger partial charge in [0, 0.05) is 37.3 Å². The van der Waals surface area contributed by atoms with E-state index in [0.29, 0.717) is 35.4 Å². The van der Waals surface area contributed by atoms with Crippen molar-refractivity contribution < 1.29 is 4.74 Å². The van der Waals surface area contributed by atoms with Crippen LogP contribution in [0.1, 0.15) is 25.1 Å². The predicted octanol–water partition coefficient (Wildman–Crippen LogP) is 3.70. The van der Waals surface area contributed by atoms with E-state index in [9.17, 15) is 9.59 Å².